The lowest BCUT2D eigenvalue weighted by atomic mass is 9.98. The maximum absolute atomic E-state index is 17.5. The first-order valence-electron chi connectivity index (χ1n) is 17.8. The summed E-state index contributed by atoms with van der Waals surface area (Å²) in [5.74, 6) is -1.37. The van der Waals surface area contributed by atoms with Gasteiger partial charge in [-0.05, 0) is 31.2 Å². The quantitative estimate of drug-likeness (QED) is 0.0779. The first-order valence-corrected chi connectivity index (χ1v) is 19.9. The van der Waals surface area contributed by atoms with E-state index in [4.69, 9.17) is 35.5 Å². The summed E-state index contributed by atoms with van der Waals surface area (Å²) in [6.07, 6.45) is -2.85. The van der Waals surface area contributed by atoms with E-state index >= 15 is 4.39 Å². The van der Waals surface area contributed by atoms with Gasteiger partial charge in [-0.3, -0.25) is 4.57 Å². The summed E-state index contributed by atoms with van der Waals surface area (Å²) in [5.41, 5.74) is -1.56. The van der Waals surface area contributed by atoms with Crippen molar-refractivity contribution in [3.8, 4) is 0 Å². The fraction of sp³-hybridized carbons (Fsp3) is 0.140. The van der Waals surface area contributed by atoms with Gasteiger partial charge in [-0.2, -0.15) is 9.97 Å². The molecule has 8 rings (SSSR count). The van der Waals surface area contributed by atoms with Gasteiger partial charge in [-0.25, -0.2) is 23.7 Å². The molecule has 280 valence electrons. The number of esters is 2. The molecule has 0 N–H and O–H groups in total. The SMILES string of the molecule is C[C@]1(F)[C@H](OC(=O)c2ccccc2)[C@@H](COC(=O)c2ccccc2)O[C@H]1n1cnc2c(Cl)nc(N=P(c3ccccc3)(c3ccccc3)c3ccccc3)nc21. The van der Waals surface area contributed by atoms with Gasteiger partial charge < -0.3 is 14.2 Å². The molecule has 1 aliphatic heterocycles. The van der Waals surface area contributed by atoms with Crippen molar-refractivity contribution in [1.82, 2.24) is 19.5 Å². The molecule has 0 amide bonds. The first-order chi connectivity index (χ1) is 27.3. The van der Waals surface area contributed by atoms with E-state index in [1.807, 2.05) is 91.0 Å². The minimum Gasteiger partial charge on any atom is -0.459 e. The molecule has 56 heavy (non-hydrogen) atoms. The van der Waals surface area contributed by atoms with Crippen LogP contribution in [0.5, 0.6) is 0 Å². The van der Waals surface area contributed by atoms with E-state index in [2.05, 4.69) is 9.97 Å². The molecule has 7 aromatic rings. The minimum absolute atomic E-state index is 0.00117. The number of rotatable bonds is 10. The molecule has 2 aromatic heterocycles. The molecule has 0 spiro atoms. The summed E-state index contributed by atoms with van der Waals surface area (Å²) in [4.78, 5) is 40.2. The molecule has 0 bridgehead atoms. The van der Waals surface area contributed by atoms with Gasteiger partial charge >= 0.3 is 11.9 Å². The van der Waals surface area contributed by atoms with Crippen LogP contribution in [0.4, 0.5) is 10.3 Å². The summed E-state index contributed by atoms with van der Waals surface area (Å²) in [6.45, 7) is 0.841. The lowest BCUT2D eigenvalue weighted by molar-refractivity contribution is -0.0611. The summed E-state index contributed by atoms with van der Waals surface area (Å²) in [5, 5.41) is 2.87. The van der Waals surface area contributed by atoms with Crippen LogP contribution in [0.3, 0.4) is 0 Å². The zero-order valence-corrected chi connectivity index (χ0v) is 31.6. The number of aromatic nitrogens is 4. The molecule has 1 fully saturated rings. The second-order valence-electron chi connectivity index (χ2n) is 13.2. The number of ether oxygens (including phenoxy) is 3. The van der Waals surface area contributed by atoms with Crippen molar-refractivity contribution in [2.75, 3.05) is 6.61 Å². The van der Waals surface area contributed by atoms with Gasteiger partial charge in [0, 0.05) is 15.9 Å². The van der Waals surface area contributed by atoms with Crippen molar-refractivity contribution in [3.63, 3.8) is 0 Å². The third kappa shape index (κ3) is 7.01. The number of benzene rings is 5. The van der Waals surface area contributed by atoms with Gasteiger partial charge in [0.05, 0.1) is 24.5 Å². The van der Waals surface area contributed by atoms with Crippen LogP contribution in [0.2, 0.25) is 5.15 Å². The molecule has 0 radical (unpaired) electrons. The van der Waals surface area contributed by atoms with E-state index in [-0.39, 0.29) is 27.8 Å². The Kier molecular flexibility index (Phi) is 10.3. The Morgan fingerprint density at radius 2 is 1.25 bits per heavy atom. The molecular weight excluding hydrogens is 752 g/mol. The molecule has 13 heteroatoms. The number of fused-ring (bicyclic) bond motifs is 1. The number of halogens is 2. The number of hydrogen-bond donors (Lipinski definition) is 0. The zero-order valence-electron chi connectivity index (χ0n) is 29.9. The summed E-state index contributed by atoms with van der Waals surface area (Å²) in [7, 11) is -2.83. The van der Waals surface area contributed by atoms with E-state index in [0.29, 0.717) is 5.56 Å². The topological polar surface area (TPSA) is 118 Å². The molecule has 0 aliphatic carbocycles. The number of carbonyl (C=O) groups is 2. The highest BCUT2D eigenvalue weighted by Crippen LogP contribution is 2.49. The number of carbonyl (C=O) groups excluding carboxylic acids is 2. The zero-order chi connectivity index (χ0) is 38.7. The summed E-state index contributed by atoms with van der Waals surface area (Å²) >= 11 is 6.82. The third-order valence-corrected chi connectivity index (χ3v) is 13.4. The maximum Gasteiger partial charge on any atom is 0.338 e. The number of imidazole rings is 1. The Morgan fingerprint density at radius 1 is 0.768 bits per heavy atom. The Labute approximate surface area is 327 Å². The molecule has 0 saturated carbocycles. The van der Waals surface area contributed by atoms with E-state index in [0.717, 1.165) is 15.9 Å². The second-order valence-corrected chi connectivity index (χ2v) is 16.6. The van der Waals surface area contributed by atoms with Gasteiger partial charge in [-0.1, -0.05) is 139 Å². The van der Waals surface area contributed by atoms with Crippen LogP contribution in [0.25, 0.3) is 11.2 Å². The maximum atomic E-state index is 17.5. The van der Waals surface area contributed by atoms with Crippen molar-refractivity contribution in [2.45, 2.75) is 31.0 Å². The first kappa shape index (κ1) is 36.9. The molecule has 1 saturated heterocycles. The summed E-state index contributed by atoms with van der Waals surface area (Å²) < 4.78 is 42.0. The standard InChI is InChI=1S/C43H34ClFN5O5P/c1-43(45)36(55-40(52)30-19-9-3-10-20-30)34(27-53-39(51)29-17-7-2-8-18-29)54-41(43)50-28-46-35-37(44)47-42(48-38(35)50)49-56(31-21-11-4-12-22-31,32-23-13-5-14-24-32)33-25-15-6-16-26-33/h2-26,28,34,36,41H,27H2,1H3/t34-,36-,41-,43+/m1/s1. The molecule has 4 atom stereocenters. The molecule has 1 aliphatic rings. The van der Waals surface area contributed by atoms with Crippen LogP contribution < -0.4 is 15.9 Å². The van der Waals surface area contributed by atoms with Crippen LogP contribution in [0, 0.1) is 0 Å². The molecule has 10 nitrogen and oxygen atoms in total. The Morgan fingerprint density at radius 3 is 1.77 bits per heavy atom. The lowest BCUT2D eigenvalue weighted by Crippen LogP contribution is -2.44. The largest absolute Gasteiger partial charge is 0.459 e. The molecule has 5 aromatic carbocycles. The highest BCUT2D eigenvalue weighted by molar-refractivity contribution is 7.87. The monoisotopic (exact) mass is 785 g/mol. The Hall–Kier alpha value is -6.00. The average Bonchev–Trinajstić information content (AvgIpc) is 3.77. The fourth-order valence-electron chi connectivity index (χ4n) is 6.88. The number of nitrogens with zero attached hydrogens (tertiary/aromatic N) is 5. The van der Waals surface area contributed by atoms with Gasteiger partial charge in [0.25, 0.3) is 5.95 Å². The smallest absolute Gasteiger partial charge is 0.338 e. The van der Waals surface area contributed by atoms with E-state index in [1.165, 1.54) is 17.8 Å². The van der Waals surface area contributed by atoms with Crippen LogP contribution in [-0.2, 0) is 14.2 Å². The minimum atomic E-state index is -2.83. The van der Waals surface area contributed by atoms with Crippen LogP contribution in [0.15, 0.2) is 163 Å². The van der Waals surface area contributed by atoms with Crippen LogP contribution in [-0.4, -0.2) is 55.9 Å². The van der Waals surface area contributed by atoms with Crippen molar-refractivity contribution in [3.05, 3.63) is 174 Å². The highest BCUT2D eigenvalue weighted by Gasteiger charge is 2.58. The summed E-state index contributed by atoms with van der Waals surface area (Å²) in [6, 6.07) is 46.4. The molecule has 3 heterocycles. The fourth-order valence-corrected chi connectivity index (χ4v) is 10.5. The Balaban J connectivity index is 1.23. The van der Waals surface area contributed by atoms with Gasteiger partial charge in [-0.15, -0.1) is 0 Å². The van der Waals surface area contributed by atoms with Crippen molar-refractivity contribution < 1.29 is 28.2 Å². The van der Waals surface area contributed by atoms with Crippen molar-refractivity contribution in [2.24, 2.45) is 4.74 Å². The lowest BCUT2D eigenvalue weighted by Gasteiger charge is -2.28. The Bertz CT molecular complexity index is 2440. The van der Waals surface area contributed by atoms with E-state index in [9.17, 15) is 9.59 Å². The predicted molar refractivity (Wildman–Crippen MR) is 213 cm³/mol. The highest BCUT2D eigenvalue weighted by atomic mass is 35.5. The number of alkyl halides is 1. The van der Waals surface area contributed by atoms with Gasteiger partial charge in [0.1, 0.15) is 18.2 Å². The van der Waals surface area contributed by atoms with Crippen LogP contribution >= 0.6 is 18.7 Å². The predicted octanol–water partition coefficient (Wildman–Crippen LogP) is 8.00. The van der Waals surface area contributed by atoms with E-state index < -0.39 is 49.7 Å². The van der Waals surface area contributed by atoms with Crippen molar-refractivity contribution >= 4 is 63.6 Å². The average molecular weight is 786 g/mol. The molecule has 0 unspecified atom stereocenters. The van der Waals surface area contributed by atoms with Gasteiger partial charge in [0.15, 0.2) is 28.8 Å². The number of hydrogen-bond acceptors (Lipinski definition) is 9. The van der Waals surface area contributed by atoms with Crippen LogP contribution in [0.1, 0.15) is 33.9 Å². The normalized spacial score (nSPS) is 19.4. The van der Waals surface area contributed by atoms with Gasteiger partial charge in [0.2, 0.25) is 0 Å². The molecular formula is C43H34ClFN5O5P. The van der Waals surface area contributed by atoms with Crippen molar-refractivity contribution in [1.29, 1.82) is 0 Å². The third-order valence-electron chi connectivity index (χ3n) is 9.56. The second kappa shape index (κ2) is 15.6. The van der Waals surface area contributed by atoms with E-state index in [1.54, 1.807) is 60.7 Å².